The Balaban J connectivity index is 1.64. The summed E-state index contributed by atoms with van der Waals surface area (Å²) in [4.78, 5) is 16.4. The summed E-state index contributed by atoms with van der Waals surface area (Å²) in [5, 5.41) is 5.57. The van der Waals surface area contributed by atoms with Crippen LogP contribution in [0, 0.1) is 0 Å². The van der Waals surface area contributed by atoms with Gasteiger partial charge in [0.2, 0.25) is 0 Å². The third-order valence-corrected chi connectivity index (χ3v) is 5.08. The van der Waals surface area contributed by atoms with Crippen molar-refractivity contribution >= 4 is 40.8 Å². The first-order valence-corrected chi connectivity index (χ1v) is 9.36. The number of hydrogen-bond acceptors (Lipinski definition) is 3. The summed E-state index contributed by atoms with van der Waals surface area (Å²) < 4.78 is 0. The van der Waals surface area contributed by atoms with E-state index in [2.05, 4.69) is 64.1 Å². The molecule has 0 saturated carbocycles. The molecule has 0 aliphatic carbocycles. The summed E-state index contributed by atoms with van der Waals surface area (Å²) >= 11 is 7.36. The molecule has 1 heterocycles. The van der Waals surface area contributed by atoms with Crippen LogP contribution < -0.4 is 15.5 Å². The number of carbonyl (C=O) groups is 1. The van der Waals surface area contributed by atoms with E-state index in [-0.39, 0.29) is 6.03 Å². The van der Waals surface area contributed by atoms with Crippen molar-refractivity contribution in [3.8, 4) is 0 Å². The maximum Gasteiger partial charge on any atom is 0.314 e. The van der Waals surface area contributed by atoms with Crippen LogP contribution >= 0.6 is 23.4 Å². The van der Waals surface area contributed by atoms with Crippen LogP contribution in [0.15, 0.2) is 58.3 Å². The van der Waals surface area contributed by atoms with Gasteiger partial charge in [0.15, 0.2) is 0 Å². The van der Waals surface area contributed by atoms with E-state index in [0.717, 1.165) is 13.0 Å². The lowest BCUT2D eigenvalue weighted by molar-refractivity contribution is 0.241. The molecule has 0 atom stereocenters. The summed E-state index contributed by atoms with van der Waals surface area (Å²) in [5.74, 6) is 0.423. The number of rotatable bonds is 6. The molecule has 0 fully saturated rings. The number of anilines is 2. The standard InChI is InChI=1S/C18H20ClN3OS/c19-10-12-21-18(23)20-11-5-13-22-14-6-1-3-8-16(14)24-17-9-4-2-7-15(17)22/h1-4,6-9H,5,10-13H2,(H2,20,21,23). The molecule has 0 unspecified atom stereocenters. The van der Waals surface area contributed by atoms with Gasteiger partial charge in [0.05, 0.1) is 11.4 Å². The van der Waals surface area contributed by atoms with Crippen LogP contribution in [0.4, 0.5) is 16.2 Å². The Kier molecular flexibility index (Phi) is 5.88. The molecule has 0 saturated heterocycles. The molecule has 3 rings (SSSR count). The molecule has 0 bridgehead atoms. The van der Waals surface area contributed by atoms with Crippen molar-refractivity contribution in [1.29, 1.82) is 0 Å². The summed E-state index contributed by atoms with van der Waals surface area (Å²) in [7, 11) is 0. The second kappa shape index (κ2) is 8.31. The van der Waals surface area contributed by atoms with Crippen molar-refractivity contribution in [1.82, 2.24) is 10.6 Å². The van der Waals surface area contributed by atoms with E-state index in [4.69, 9.17) is 11.6 Å². The smallest absolute Gasteiger partial charge is 0.314 e. The molecule has 126 valence electrons. The molecule has 2 aromatic rings. The Morgan fingerprint density at radius 2 is 1.54 bits per heavy atom. The molecule has 2 N–H and O–H groups in total. The predicted octanol–water partition coefficient (Wildman–Crippen LogP) is 4.22. The quantitative estimate of drug-likeness (QED) is 0.598. The van der Waals surface area contributed by atoms with Gasteiger partial charge < -0.3 is 15.5 Å². The van der Waals surface area contributed by atoms with Gasteiger partial charge in [0.25, 0.3) is 0 Å². The fourth-order valence-electron chi connectivity index (χ4n) is 2.68. The maximum absolute atomic E-state index is 11.6. The van der Waals surface area contributed by atoms with Crippen LogP contribution in [0.3, 0.4) is 0 Å². The van der Waals surface area contributed by atoms with E-state index in [9.17, 15) is 4.79 Å². The molecule has 2 aromatic carbocycles. The number of amides is 2. The zero-order valence-corrected chi connectivity index (χ0v) is 14.9. The van der Waals surface area contributed by atoms with Gasteiger partial charge >= 0.3 is 6.03 Å². The van der Waals surface area contributed by atoms with Crippen LogP contribution in [0.1, 0.15) is 6.42 Å². The second-order valence-electron chi connectivity index (χ2n) is 5.41. The van der Waals surface area contributed by atoms with Crippen LogP contribution in [0.5, 0.6) is 0 Å². The van der Waals surface area contributed by atoms with Gasteiger partial charge in [-0.1, -0.05) is 36.0 Å². The average molecular weight is 362 g/mol. The molecule has 4 nitrogen and oxygen atoms in total. The van der Waals surface area contributed by atoms with E-state index in [1.165, 1.54) is 21.2 Å². The first-order chi connectivity index (χ1) is 11.8. The number of para-hydroxylation sites is 2. The molecular formula is C18H20ClN3OS. The van der Waals surface area contributed by atoms with Crippen molar-refractivity contribution < 1.29 is 4.79 Å². The molecule has 2 amide bonds. The first-order valence-electron chi connectivity index (χ1n) is 8.00. The summed E-state index contributed by atoms with van der Waals surface area (Å²) in [6, 6.07) is 16.7. The average Bonchev–Trinajstić information content (AvgIpc) is 2.62. The minimum Gasteiger partial charge on any atom is -0.340 e. The van der Waals surface area contributed by atoms with Gasteiger partial charge in [-0.15, -0.1) is 11.6 Å². The highest BCUT2D eigenvalue weighted by Crippen LogP contribution is 2.47. The van der Waals surface area contributed by atoms with Crippen LogP contribution in [-0.2, 0) is 0 Å². The third-order valence-electron chi connectivity index (χ3n) is 3.76. The minimum absolute atomic E-state index is 0.161. The molecule has 0 spiro atoms. The summed E-state index contributed by atoms with van der Waals surface area (Å²) in [6.45, 7) is 1.96. The van der Waals surface area contributed by atoms with E-state index < -0.39 is 0 Å². The third kappa shape index (κ3) is 3.97. The number of carbonyl (C=O) groups excluding carboxylic acids is 1. The zero-order valence-electron chi connectivity index (χ0n) is 13.3. The SMILES string of the molecule is O=C(NCCCl)NCCCN1c2ccccc2Sc2ccccc21. The van der Waals surface area contributed by atoms with Gasteiger partial charge in [-0.2, -0.15) is 0 Å². The zero-order chi connectivity index (χ0) is 16.8. The van der Waals surface area contributed by atoms with Crippen LogP contribution in [0.25, 0.3) is 0 Å². The fraction of sp³-hybridized carbons (Fsp3) is 0.278. The Morgan fingerprint density at radius 1 is 0.958 bits per heavy atom. The molecule has 6 heteroatoms. The van der Waals surface area contributed by atoms with E-state index in [1.807, 2.05) is 0 Å². The monoisotopic (exact) mass is 361 g/mol. The van der Waals surface area contributed by atoms with Crippen molar-refractivity contribution in [3.05, 3.63) is 48.5 Å². The molecular weight excluding hydrogens is 342 g/mol. The molecule has 0 aromatic heterocycles. The largest absolute Gasteiger partial charge is 0.340 e. The molecule has 0 radical (unpaired) electrons. The Hall–Kier alpha value is -1.85. The normalized spacial score (nSPS) is 12.3. The Labute approximate surface area is 151 Å². The number of benzene rings is 2. The number of nitrogens with zero attached hydrogens (tertiary/aromatic N) is 1. The van der Waals surface area contributed by atoms with Gasteiger partial charge in [0.1, 0.15) is 0 Å². The minimum atomic E-state index is -0.161. The summed E-state index contributed by atoms with van der Waals surface area (Å²) in [6.07, 6.45) is 0.863. The van der Waals surface area contributed by atoms with Crippen molar-refractivity contribution in [2.45, 2.75) is 16.2 Å². The highest BCUT2D eigenvalue weighted by atomic mass is 35.5. The lowest BCUT2D eigenvalue weighted by Gasteiger charge is -2.32. The van der Waals surface area contributed by atoms with E-state index in [1.54, 1.807) is 11.8 Å². The van der Waals surface area contributed by atoms with Gasteiger partial charge in [-0.3, -0.25) is 0 Å². The topological polar surface area (TPSA) is 44.4 Å². The first kappa shape index (κ1) is 17.0. The fourth-order valence-corrected chi connectivity index (χ4v) is 3.87. The van der Waals surface area contributed by atoms with Crippen LogP contribution in [0.2, 0.25) is 0 Å². The second-order valence-corrected chi connectivity index (χ2v) is 6.88. The maximum atomic E-state index is 11.6. The number of fused-ring (bicyclic) bond motifs is 2. The number of hydrogen-bond donors (Lipinski definition) is 2. The predicted molar refractivity (Wildman–Crippen MR) is 101 cm³/mol. The van der Waals surface area contributed by atoms with Crippen molar-refractivity contribution in [3.63, 3.8) is 0 Å². The Bertz CT molecular complexity index is 665. The Morgan fingerprint density at radius 3 is 2.17 bits per heavy atom. The van der Waals surface area contributed by atoms with E-state index >= 15 is 0 Å². The highest BCUT2D eigenvalue weighted by Gasteiger charge is 2.22. The van der Waals surface area contributed by atoms with Crippen molar-refractivity contribution in [2.24, 2.45) is 0 Å². The highest BCUT2D eigenvalue weighted by molar-refractivity contribution is 7.99. The summed E-state index contributed by atoms with van der Waals surface area (Å²) in [5.41, 5.74) is 2.46. The van der Waals surface area contributed by atoms with Gasteiger partial charge in [-0.05, 0) is 30.7 Å². The van der Waals surface area contributed by atoms with E-state index in [0.29, 0.717) is 19.0 Å². The van der Waals surface area contributed by atoms with Gasteiger partial charge in [-0.25, -0.2) is 4.79 Å². The number of halogens is 1. The van der Waals surface area contributed by atoms with Gasteiger partial charge in [0, 0.05) is 35.3 Å². The van der Waals surface area contributed by atoms with Crippen LogP contribution in [-0.4, -0.2) is 31.5 Å². The number of alkyl halides is 1. The number of urea groups is 1. The van der Waals surface area contributed by atoms with Crippen molar-refractivity contribution in [2.75, 3.05) is 30.4 Å². The molecule has 1 aliphatic rings. The lowest BCUT2D eigenvalue weighted by Crippen LogP contribution is -2.37. The lowest BCUT2D eigenvalue weighted by atomic mass is 10.2. The number of nitrogens with one attached hydrogen (secondary N) is 2. The molecule has 1 aliphatic heterocycles. The molecule has 24 heavy (non-hydrogen) atoms.